The number of halogens is 1. The molecule has 0 bridgehead atoms. The van der Waals surface area contributed by atoms with Gasteiger partial charge in [-0.25, -0.2) is 0 Å². The average molecular weight is 483 g/mol. The topological polar surface area (TPSA) is 50.9 Å². The van der Waals surface area contributed by atoms with E-state index in [-0.39, 0.29) is 24.0 Å². The highest BCUT2D eigenvalue weighted by Crippen LogP contribution is 2.15. The highest BCUT2D eigenvalue weighted by molar-refractivity contribution is 14.0. The van der Waals surface area contributed by atoms with Crippen molar-refractivity contribution in [1.82, 2.24) is 4.90 Å². The molecule has 0 saturated carbocycles. The van der Waals surface area contributed by atoms with Crippen molar-refractivity contribution in [3.8, 4) is 5.75 Å². The Morgan fingerprint density at radius 2 is 1.69 bits per heavy atom. The zero-order chi connectivity index (χ0) is 17.3. The third-order valence-electron chi connectivity index (χ3n) is 4.18. The lowest BCUT2D eigenvalue weighted by Crippen LogP contribution is -2.42. The monoisotopic (exact) mass is 483 g/mol. The summed E-state index contributed by atoms with van der Waals surface area (Å²) in [5, 5.41) is 0. The zero-order valence-corrected chi connectivity index (χ0v) is 18.0. The fourth-order valence-electron chi connectivity index (χ4n) is 2.69. The Bertz CT molecular complexity index is 673. The molecule has 0 spiro atoms. The van der Waals surface area contributed by atoms with Gasteiger partial charge in [-0.2, -0.15) is 11.8 Å². The van der Waals surface area contributed by atoms with Gasteiger partial charge in [0.1, 0.15) is 12.4 Å². The smallest absolute Gasteiger partial charge is 0.191 e. The minimum atomic E-state index is 0. The first-order valence-electron chi connectivity index (χ1n) is 8.69. The van der Waals surface area contributed by atoms with E-state index >= 15 is 0 Å². The predicted molar refractivity (Wildman–Crippen MR) is 122 cm³/mol. The maximum Gasteiger partial charge on any atom is 0.191 e. The number of ether oxygens (including phenoxy) is 1. The van der Waals surface area contributed by atoms with Crippen molar-refractivity contribution in [2.75, 3.05) is 31.1 Å². The molecule has 26 heavy (non-hydrogen) atoms. The highest BCUT2D eigenvalue weighted by Gasteiger charge is 2.11. The molecule has 1 fully saturated rings. The molecule has 2 N–H and O–H groups in total. The van der Waals surface area contributed by atoms with Crippen molar-refractivity contribution in [3.05, 3.63) is 65.7 Å². The molecular weight excluding hydrogens is 457 g/mol. The van der Waals surface area contributed by atoms with Gasteiger partial charge in [0.25, 0.3) is 0 Å². The van der Waals surface area contributed by atoms with Gasteiger partial charge in [-0.3, -0.25) is 4.99 Å². The summed E-state index contributed by atoms with van der Waals surface area (Å²) in [6.45, 7) is 3.33. The van der Waals surface area contributed by atoms with Crippen LogP contribution in [0, 0.1) is 0 Å². The minimum Gasteiger partial charge on any atom is -0.489 e. The molecule has 0 aromatic heterocycles. The van der Waals surface area contributed by atoms with Gasteiger partial charge in [0.05, 0.1) is 0 Å². The summed E-state index contributed by atoms with van der Waals surface area (Å²) in [7, 11) is 0. The van der Waals surface area contributed by atoms with E-state index in [1.165, 1.54) is 11.1 Å². The lowest BCUT2D eigenvalue weighted by molar-refractivity contribution is 0.306. The van der Waals surface area contributed by atoms with Crippen LogP contribution in [-0.2, 0) is 13.0 Å². The number of nitrogens with zero attached hydrogens (tertiary/aromatic N) is 2. The van der Waals surface area contributed by atoms with Crippen molar-refractivity contribution < 1.29 is 4.74 Å². The molecule has 6 heteroatoms. The molecule has 0 unspecified atom stereocenters. The van der Waals surface area contributed by atoms with Crippen molar-refractivity contribution in [3.63, 3.8) is 0 Å². The van der Waals surface area contributed by atoms with Gasteiger partial charge in [0.2, 0.25) is 0 Å². The van der Waals surface area contributed by atoms with Crippen LogP contribution < -0.4 is 10.5 Å². The Balaban J connectivity index is 0.00000243. The number of nitrogens with two attached hydrogens (primary N) is 1. The first kappa shape index (κ1) is 20.9. The van der Waals surface area contributed by atoms with Gasteiger partial charge in [-0.05, 0) is 29.7 Å². The summed E-state index contributed by atoms with van der Waals surface area (Å²) in [6, 6.07) is 18.4. The number of hydrogen-bond donors (Lipinski definition) is 1. The van der Waals surface area contributed by atoms with Crippen LogP contribution in [0.15, 0.2) is 59.6 Å². The van der Waals surface area contributed by atoms with Crippen molar-refractivity contribution >= 4 is 41.7 Å². The second kappa shape index (κ2) is 11.3. The second-order valence-electron chi connectivity index (χ2n) is 6.01. The lowest BCUT2D eigenvalue weighted by Gasteiger charge is -2.27. The maximum absolute atomic E-state index is 6.08. The molecular formula is C20H26IN3OS. The van der Waals surface area contributed by atoms with E-state index < -0.39 is 0 Å². The summed E-state index contributed by atoms with van der Waals surface area (Å²) < 4.78 is 5.81. The number of aliphatic imine (C=N–C) groups is 1. The van der Waals surface area contributed by atoms with E-state index in [1.54, 1.807) is 0 Å². The van der Waals surface area contributed by atoms with E-state index in [0.29, 0.717) is 12.6 Å². The normalized spacial score (nSPS) is 14.6. The average Bonchev–Trinajstić information content (AvgIpc) is 2.69. The van der Waals surface area contributed by atoms with Crippen LogP contribution in [0.4, 0.5) is 0 Å². The van der Waals surface area contributed by atoms with Crippen molar-refractivity contribution in [2.24, 2.45) is 10.7 Å². The zero-order valence-electron chi connectivity index (χ0n) is 14.8. The predicted octanol–water partition coefficient (Wildman–Crippen LogP) is 3.79. The minimum absolute atomic E-state index is 0. The van der Waals surface area contributed by atoms with Crippen molar-refractivity contribution in [2.45, 2.75) is 13.0 Å². The standard InChI is InChI=1S/C20H25N3OS.HI/c21-20(23-12-14-25-15-13-23)22-11-10-17-6-8-19(9-7-17)24-16-18-4-2-1-3-5-18;/h1-9H,10-16H2,(H2,21,22);1H. The summed E-state index contributed by atoms with van der Waals surface area (Å²) in [5.74, 6) is 3.85. The fraction of sp³-hybridized carbons (Fsp3) is 0.350. The van der Waals surface area contributed by atoms with E-state index in [4.69, 9.17) is 10.5 Å². The van der Waals surface area contributed by atoms with Gasteiger partial charge < -0.3 is 15.4 Å². The largest absolute Gasteiger partial charge is 0.489 e. The fourth-order valence-corrected chi connectivity index (χ4v) is 3.59. The number of rotatable bonds is 6. The van der Waals surface area contributed by atoms with Crippen molar-refractivity contribution in [1.29, 1.82) is 0 Å². The Morgan fingerprint density at radius 1 is 1.00 bits per heavy atom. The summed E-state index contributed by atoms with van der Waals surface area (Å²) in [4.78, 5) is 6.70. The van der Waals surface area contributed by atoms with Gasteiger partial charge in [0, 0.05) is 31.1 Å². The van der Waals surface area contributed by atoms with Crippen LogP contribution >= 0.6 is 35.7 Å². The Morgan fingerprint density at radius 3 is 2.38 bits per heavy atom. The number of guanidine groups is 1. The van der Waals surface area contributed by atoms with E-state index in [9.17, 15) is 0 Å². The third kappa shape index (κ3) is 6.72. The van der Waals surface area contributed by atoms with E-state index in [0.717, 1.165) is 43.3 Å². The van der Waals surface area contributed by atoms with Gasteiger partial charge >= 0.3 is 0 Å². The molecule has 0 amide bonds. The number of benzene rings is 2. The third-order valence-corrected chi connectivity index (χ3v) is 5.12. The number of thioether (sulfide) groups is 1. The molecule has 1 aliphatic rings. The lowest BCUT2D eigenvalue weighted by atomic mass is 10.1. The summed E-state index contributed by atoms with van der Waals surface area (Å²) in [5.41, 5.74) is 8.50. The molecule has 0 aliphatic carbocycles. The van der Waals surface area contributed by atoms with Gasteiger partial charge in [-0.15, -0.1) is 24.0 Å². The molecule has 2 aromatic carbocycles. The van der Waals surface area contributed by atoms with E-state index in [2.05, 4.69) is 34.2 Å². The molecule has 1 heterocycles. The van der Waals surface area contributed by atoms with Crippen LogP contribution in [0.1, 0.15) is 11.1 Å². The summed E-state index contributed by atoms with van der Waals surface area (Å²) in [6.07, 6.45) is 0.891. The molecule has 140 valence electrons. The Hall–Kier alpha value is -1.41. The van der Waals surface area contributed by atoms with Crippen LogP contribution in [-0.4, -0.2) is 42.0 Å². The maximum atomic E-state index is 6.08. The number of hydrogen-bond acceptors (Lipinski definition) is 3. The summed E-state index contributed by atoms with van der Waals surface area (Å²) >= 11 is 1.98. The van der Waals surface area contributed by atoms with Crippen LogP contribution in [0.3, 0.4) is 0 Å². The van der Waals surface area contributed by atoms with Gasteiger partial charge in [0.15, 0.2) is 5.96 Å². The molecule has 1 aliphatic heterocycles. The molecule has 0 radical (unpaired) electrons. The first-order chi connectivity index (χ1) is 12.3. The highest BCUT2D eigenvalue weighted by atomic mass is 127. The van der Waals surface area contributed by atoms with Gasteiger partial charge in [-0.1, -0.05) is 42.5 Å². The van der Waals surface area contributed by atoms with Crippen LogP contribution in [0.25, 0.3) is 0 Å². The molecule has 2 aromatic rings. The van der Waals surface area contributed by atoms with Crippen LogP contribution in [0.5, 0.6) is 5.75 Å². The second-order valence-corrected chi connectivity index (χ2v) is 7.23. The molecule has 3 rings (SSSR count). The molecule has 0 atom stereocenters. The van der Waals surface area contributed by atoms with E-state index in [1.807, 2.05) is 42.1 Å². The quantitative estimate of drug-likeness (QED) is 0.386. The first-order valence-corrected chi connectivity index (χ1v) is 9.85. The molecule has 4 nitrogen and oxygen atoms in total. The van der Waals surface area contributed by atoms with Crippen LogP contribution in [0.2, 0.25) is 0 Å². The molecule has 1 saturated heterocycles. The Labute approximate surface area is 177 Å². The SMILES string of the molecule is I.NC(=NCCc1ccc(OCc2ccccc2)cc1)N1CCSCC1. The Kier molecular flexibility index (Phi) is 9.11.